The molecule has 0 aliphatic rings. The molecule has 0 aliphatic carbocycles. The molecule has 24 heavy (non-hydrogen) atoms. The summed E-state index contributed by atoms with van der Waals surface area (Å²) in [7, 11) is 1.67. The maximum atomic E-state index is 5.72. The summed E-state index contributed by atoms with van der Waals surface area (Å²) < 4.78 is 5.29. The number of hydrogen-bond acceptors (Lipinski definition) is 3. The van der Waals surface area contributed by atoms with Crippen LogP contribution >= 0.6 is 23.6 Å². The Bertz CT molecular complexity index is 641. The van der Waals surface area contributed by atoms with Crippen molar-refractivity contribution in [2.24, 2.45) is 5.92 Å². The molecule has 2 rings (SSSR count). The molecule has 1 aromatic carbocycles. The van der Waals surface area contributed by atoms with Crippen LogP contribution in [0.1, 0.15) is 38.1 Å². The average Bonchev–Trinajstić information content (AvgIpc) is 3.09. The zero-order valence-corrected chi connectivity index (χ0v) is 16.4. The van der Waals surface area contributed by atoms with Crippen LogP contribution in [0, 0.1) is 5.92 Å². The molecule has 0 fully saturated rings. The van der Waals surface area contributed by atoms with Crippen LogP contribution in [-0.2, 0) is 0 Å². The third kappa shape index (κ3) is 5.21. The number of nitrogens with one attached hydrogen (secondary N) is 1. The van der Waals surface area contributed by atoms with E-state index in [4.69, 9.17) is 17.0 Å². The van der Waals surface area contributed by atoms with E-state index in [1.807, 2.05) is 24.3 Å². The van der Waals surface area contributed by atoms with Crippen LogP contribution in [0.5, 0.6) is 5.75 Å². The highest BCUT2D eigenvalue weighted by Crippen LogP contribution is 2.26. The minimum absolute atomic E-state index is 0.259. The molecule has 0 unspecified atom stereocenters. The number of ether oxygens (including phenoxy) is 1. The smallest absolute Gasteiger partial charge is 0.173 e. The van der Waals surface area contributed by atoms with E-state index in [0.717, 1.165) is 29.5 Å². The second-order valence-corrected chi connectivity index (χ2v) is 7.60. The maximum Gasteiger partial charge on any atom is 0.173 e. The standard InChI is InChI=1S/C19H26N2OS2/c1-14(2)10-11-21(15(3)18-9-6-12-24-18)19(23)20-16-7-5-8-17(13-16)22-4/h5-9,12-15H,10-11H2,1-4H3,(H,20,23)/t15-/m1/s1. The van der Waals surface area contributed by atoms with Crippen molar-refractivity contribution in [1.29, 1.82) is 0 Å². The molecule has 0 radical (unpaired) electrons. The van der Waals surface area contributed by atoms with Crippen LogP contribution in [0.3, 0.4) is 0 Å². The summed E-state index contributed by atoms with van der Waals surface area (Å²) in [4.78, 5) is 3.61. The van der Waals surface area contributed by atoms with Gasteiger partial charge in [-0.3, -0.25) is 0 Å². The molecule has 130 valence electrons. The topological polar surface area (TPSA) is 24.5 Å². The summed E-state index contributed by atoms with van der Waals surface area (Å²) in [5, 5.41) is 6.24. The van der Waals surface area contributed by atoms with Gasteiger partial charge in [-0.05, 0) is 55.1 Å². The number of hydrogen-bond donors (Lipinski definition) is 1. The molecule has 0 aliphatic heterocycles. The lowest BCUT2D eigenvalue weighted by Gasteiger charge is -2.32. The van der Waals surface area contributed by atoms with E-state index in [-0.39, 0.29) is 6.04 Å². The van der Waals surface area contributed by atoms with Crippen molar-refractivity contribution >= 4 is 34.4 Å². The molecule has 0 spiro atoms. The fourth-order valence-electron chi connectivity index (χ4n) is 2.45. The first kappa shape index (κ1) is 18.7. The third-order valence-electron chi connectivity index (χ3n) is 3.95. The average molecular weight is 363 g/mol. The molecule has 3 nitrogen and oxygen atoms in total. The van der Waals surface area contributed by atoms with Gasteiger partial charge in [-0.25, -0.2) is 0 Å². The van der Waals surface area contributed by atoms with E-state index in [9.17, 15) is 0 Å². The van der Waals surface area contributed by atoms with E-state index in [0.29, 0.717) is 5.92 Å². The normalized spacial score (nSPS) is 12.0. The number of benzene rings is 1. The SMILES string of the molecule is COc1cccc(NC(=S)N(CCC(C)C)[C@H](C)c2cccs2)c1. The zero-order valence-electron chi connectivity index (χ0n) is 14.8. The van der Waals surface area contributed by atoms with E-state index in [2.05, 4.69) is 48.5 Å². The second-order valence-electron chi connectivity index (χ2n) is 6.23. The monoisotopic (exact) mass is 362 g/mol. The van der Waals surface area contributed by atoms with Crippen LogP contribution in [0.25, 0.3) is 0 Å². The molecule has 5 heteroatoms. The van der Waals surface area contributed by atoms with Crippen molar-refractivity contribution in [1.82, 2.24) is 4.90 Å². The van der Waals surface area contributed by atoms with Gasteiger partial charge in [-0.2, -0.15) is 0 Å². The first-order valence-corrected chi connectivity index (χ1v) is 9.55. The van der Waals surface area contributed by atoms with Gasteiger partial charge in [0.05, 0.1) is 13.2 Å². The number of methoxy groups -OCH3 is 1. The highest BCUT2D eigenvalue weighted by molar-refractivity contribution is 7.80. The lowest BCUT2D eigenvalue weighted by Crippen LogP contribution is -2.37. The van der Waals surface area contributed by atoms with Crippen molar-refractivity contribution in [3.05, 3.63) is 46.7 Å². The van der Waals surface area contributed by atoms with Gasteiger partial charge in [0.15, 0.2) is 5.11 Å². The lowest BCUT2D eigenvalue weighted by molar-refractivity contribution is 0.321. The van der Waals surface area contributed by atoms with Crippen LogP contribution in [0.2, 0.25) is 0 Å². The molecule has 2 aromatic rings. The molecule has 1 N–H and O–H groups in total. The minimum Gasteiger partial charge on any atom is -0.497 e. The van der Waals surface area contributed by atoms with Gasteiger partial charge >= 0.3 is 0 Å². The second kappa shape index (κ2) is 9.04. The molecule has 0 saturated heterocycles. The van der Waals surface area contributed by atoms with E-state index < -0.39 is 0 Å². The fourth-order valence-corrected chi connectivity index (χ4v) is 3.61. The molecule has 1 aromatic heterocycles. The van der Waals surface area contributed by atoms with Crippen molar-refractivity contribution in [2.45, 2.75) is 33.2 Å². The van der Waals surface area contributed by atoms with Gasteiger partial charge in [-0.1, -0.05) is 26.0 Å². The first-order valence-electron chi connectivity index (χ1n) is 8.26. The molecular weight excluding hydrogens is 336 g/mol. The van der Waals surface area contributed by atoms with Gasteiger partial charge in [0, 0.05) is 23.2 Å². The Kier molecular flexibility index (Phi) is 7.06. The molecular formula is C19H26N2OS2. The largest absolute Gasteiger partial charge is 0.497 e. The van der Waals surface area contributed by atoms with Gasteiger partial charge in [0.25, 0.3) is 0 Å². The van der Waals surface area contributed by atoms with Crippen molar-refractivity contribution < 1.29 is 4.74 Å². The quantitative estimate of drug-likeness (QED) is 0.651. The number of thiocarbonyl (C=S) groups is 1. The zero-order chi connectivity index (χ0) is 17.5. The summed E-state index contributed by atoms with van der Waals surface area (Å²) >= 11 is 7.49. The maximum absolute atomic E-state index is 5.72. The predicted molar refractivity (Wildman–Crippen MR) is 108 cm³/mol. The number of anilines is 1. The third-order valence-corrected chi connectivity index (χ3v) is 5.33. The summed E-state index contributed by atoms with van der Waals surface area (Å²) in [6.07, 6.45) is 1.11. The molecule has 1 heterocycles. The number of thiophene rings is 1. The van der Waals surface area contributed by atoms with Crippen molar-refractivity contribution in [2.75, 3.05) is 19.0 Å². The van der Waals surface area contributed by atoms with E-state index >= 15 is 0 Å². The van der Waals surface area contributed by atoms with Gasteiger partial charge in [0.2, 0.25) is 0 Å². The van der Waals surface area contributed by atoms with Crippen LogP contribution in [0.4, 0.5) is 5.69 Å². The Morgan fingerprint density at radius 3 is 2.67 bits per heavy atom. The Hall–Kier alpha value is -1.59. The Labute approximate surface area is 154 Å². The highest BCUT2D eigenvalue weighted by atomic mass is 32.1. The van der Waals surface area contributed by atoms with E-state index in [1.165, 1.54) is 4.88 Å². The Balaban J connectivity index is 2.13. The van der Waals surface area contributed by atoms with Crippen molar-refractivity contribution in [3.8, 4) is 5.75 Å². The predicted octanol–water partition coefficient (Wildman–Crippen LogP) is 5.56. The Morgan fingerprint density at radius 2 is 2.04 bits per heavy atom. The van der Waals surface area contributed by atoms with Crippen molar-refractivity contribution in [3.63, 3.8) is 0 Å². The highest BCUT2D eigenvalue weighted by Gasteiger charge is 2.20. The number of rotatable bonds is 7. The molecule has 0 bridgehead atoms. The van der Waals surface area contributed by atoms with E-state index in [1.54, 1.807) is 18.4 Å². The summed E-state index contributed by atoms with van der Waals surface area (Å²) in [5.74, 6) is 1.46. The molecule has 0 amide bonds. The van der Waals surface area contributed by atoms with Crippen LogP contribution in [-0.4, -0.2) is 23.7 Å². The first-order chi connectivity index (χ1) is 11.5. The van der Waals surface area contributed by atoms with Crippen LogP contribution in [0.15, 0.2) is 41.8 Å². The van der Waals surface area contributed by atoms with Gasteiger partial charge in [-0.15, -0.1) is 11.3 Å². The fraction of sp³-hybridized carbons (Fsp3) is 0.421. The van der Waals surface area contributed by atoms with Gasteiger partial charge < -0.3 is 15.0 Å². The van der Waals surface area contributed by atoms with Gasteiger partial charge in [0.1, 0.15) is 5.75 Å². The van der Waals surface area contributed by atoms with Crippen LogP contribution < -0.4 is 10.1 Å². The Morgan fingerprint density at radius 1 is 1.25 bits per heavy atom. The molecule has 1 atom stereocenters. The summed E-state index contributed by atoms with van der Waals surface area (Å²) in [6.45, 7) is 7.64. The lowest BCUT2D eigenvalue weighted by atomic mass is 10.1. The summed E-state index contributed by atoms with van der Waals surface area (Å²) in [5.41, 5.74) is 0.951. The molecule has 0 saturated carbocycles. The minimum atomic E-state index is 0.259. The summed E-state index contributed by atoms with van der Waals surface area (Å²) in [6, 6.07) is 12.4. The number of nitrogens with zero attached hydrogens (tertiary/aromatic N) is 1.